The van der Waals surface area contributed by atoms with Gasteiger partial charge in [0.25, 0.3) is 0 Å². The number of halogens is 2. The summed E-state index contributed by atoms with van der Waals surface area (Å²) < 4.78 is 25.1. The first-order chi connectivity index (χ1) is 5.16. The number of rotatable bonds is 0. The molecule has 0 aromatic heterocycles. The van der Waals surface area contributed by atoms with Crippen molar-refractivity contribution in [2.24, 2.45) is 0 Å². The van der Waals surface area contributed by atoms with Crippen molar-refractivity contribution < 1.29 is 8.78 Å². The van der Waals surface area contributed by atoms with Gasteiger partial charge < -0.3 is 0 Å². The molecule has 0 bridgehead atoms. The molecule has 0 spiro atoms. The van der Waals surface area contributed by atoms with E-state index in [-0.39, 0.29) is 11.0 Å². The van der Waals surface area contributed by atoms with E-state index in [0.717, 1.165) is 6.07 Å². The lowest BCUT2D eigenvalue weighted by molar-refractivity contribution is 0.514. The molecular formula is C7H4BF2N. The lowest BCUT2D eigenvalue weighted by Crippen LogP contribution is -2.14. The van der Waals surface area contributed by atoms with Gasteiger partial charge in [-0.05, 0) is 17.6 Å². The molecule has 1 rings (SSSR count). The van der Waals surface area contributed by atoms with Crippen LogP contribution >= 0.6 is 0 Å². The van der Waals surface area contributed by atoms with Crippen molar-refractivity contribution >= 4 is 13.3 Å². The van der Waals surface area contributed by atoms with E-state index in [4.69, 9.17) is 5.26 Å². The standard InChI is InChI=1S/C7H4BF2N/c8-6-4(3-11)1-2-5(9)7(6)10/h1-2H,8H2. The monoisotopic (exact) mass is 151 g/mol. The summed E-state index contributed by atoms with van der Waals surface area (Å²) in [5.74, 6) is -1.86. The SMILES string of the molecule is Bc1c(C#N)ccc(F)c1F. The molecule has 0 saturated carbocycles. The lowest BCUT2D eigenvalue weighted by atomic mass is 9.90. The summed E-state index contributed by atoms with van der Waals surface area (Å²) in [7, 11) is 1.37. The van der Waals surface area contributed by atoms with Crippen LogP contribution in [-0.4, -0.2) is 7.85 Å². The highest BCUT2D eigenvalue weighted by atomic mass is 19.2. The van der Waals surface area contributed by atoms with Gasteiger partial charge in [-0.25, -0.2) is 8.78 Å². The minimum Gasteiger partial charge on any atom is -0.204 e. The largest absolute Gasteiger partial charge is 0.204 e. The van der Waals surface area contributed by atoms with Crippen LogP contribution in [0.1, 0.15) is 5.56 Å². The maximum Gasteiger partial charge on any atom is 0.158 e. The Kier molecular flexibility index (Phi) is 1.90. The van der Waals surface area contributed by atoms with E-state index in [1.165, 1.54) is 13.9 Å². The summed E-state index contributed by atoms with van der Waals surface area (Å²) in [6, 6.07) is 3.96. The zero-order valence-electron chi connectivity index (χ0n) is 5.86. The smallest absolute Gasteiger partial charge is 0.158 e. The average Bonchev–Trinajstić information content (AvgIpc) is 2.01. The lowest BCUT2D eigenvalue weighted by Gasteiger charge is -1.98. The highest BCUT2D eigenvalue weighted by Gasteiger charge is 2.07. The van der Waals surface area contributed by atoms with Crippen LogP contribution in [0.5, 0.6) is 0 Å². The highest BCUT2D eigenvalue weighted by Crippen LogP contribution is 2.03. The van der Waals surface area contributed by atoms with E-state index < -0.39 is 11.6 Å². The van der Waals surface area contributed by atoms with Crippen molar-refractivity contribution in [2.45, 2.75) is 0 Å². The van der Waals surface area contributed by atoms with Crippen LogP contribution in [0.15, 0.2) is 12.1 Å². The van der Waals surface area contributed by atoms with E-state index in [9.17, 15) is 8.78 Å². The Labute approximate surface area is 63.7 Å². The third kappa shape index (κ3) is 1.22. The summed E-state index contributed by atoms with van der Waals surface area (Å²) in [6.45, 7) is 0. The van der Waals surface area contributed by atoms with Gasteiger partial charge in [0.15, 0.2) is 11.6 Å². The van der Waals surface area contributed by atoms with Crippen LogP contribution in [0.2, 0.25) is 0 Å². The normalized spacial score (nSPS) is 9.18. The van der Waals surface area contributed by atoms with E-state index in [2.05, 4.69) is 0 Å². The molecule has 1 aromatic rings. The van der Waals surface area contributed by atoms with Gasteiger partial charge in [-0.2, -0.15) is 5.26 Å². The van der Waals surface area contributed by atoms with Crippen molar-refractivity contribution in [2.75, 3.05) is 0 Å². The maximum atomic E-state index is 12.7. The Hall–Kier alpha value is -1.37. The second-order valence-electron chi connectivity index (χ2n) is 2.15. The van der Waals surface area contributed by atoms with Gasteiger partial charge in [0.1, 0.15) is 7.85 Å². The van der Waals surface area contributed by atoms with Gasteiger partial charge in [0, 0.05) is 5.56 Å². The molecule has 0 heterocycles. The number of nitrogens with zero attached hydrogens (tertiary/aromatic N) is 1. The molecule has 0 fully saturated rings. The van der Waals surface area contributed by atoms with Gasteiger partial charge in [0.2, 0.25) is 0 Å². The zero-order valence-corrected chi connectivity index (χ0v) is 5.86. The second kappa shape index (κ2) is 2.71. The van der Waals surface area contributed by atoms with Gasteiger partial charge in [-0.15, -0.1) is 0 Å². The van der Waals surface area contributed by atoms with E-state index in [1.54, 1.807) is 6.07 Å². The molecule has 0 unspecified atom stereocenters. The zero-order chi connectivity index (χ0) is 8.43. The van der Waals surface area contributed by atoms with Crippen LogP contribution in [0.25, 0.3) is 0 Å². The van der Waals surface area contributed by atoms with Crippen LogP contribution in [-0.2, 0) is 0 Å². The third-order valence-electron chi connectivity index (χ3n) is 1.46. The Morgan fingerprint density at radius 2 is 2.00 bits per heavy atom. The van der Waals surface area contributed by atoms with Gasteiger partial charge in [0.05, 0.1) is 6.07 Å². The van der Waals surface area contributed by atoms with Crippen LogP contribution < -0.4 is 5.46 Å². The summed E-state index contributed by atoms with van der Waals surface area (Å²) in [4.78, 5) is 0. The predicted molar refractivity (Wildman–Crippen MR) is 39.3 cm³/mol. The fraction of sp³-hybridized carbons (Fsp3) is 0. The number of hydrogen-bond donors (Lipinski definition) is 0. The minimum atomic E-state index is -0.941. The molecule has 0 aliphatic heterocycles. The molecule has 0 aliphatic carbocycles. The van der Waals surface area contributed by atoms with Crippen molar-refractivity contribution in [3.8, 4) is 6.07 Å². The Balaban J connectivity index is 3.40. The molecule has 11 heavy (non-hydrogen) atoms. The number of nitriles is 1. The number of hydrogen-bond acceptors (Lipinski definition) is 1. The molecule has 0 saturated heterocycles. The van der Waals surface area contributed by atoms with E-state index in [0.29, 0.717) is 0 Å². The van der Waals surface area contributed by atoms with Crippen LogP contribution in [0, 0.1) is 23.0 Å². The Morgan fingerprint density at radius 1 is 1.36 bits per heavy atom. The van der Waals surface area contributed by atoms with Crippen molar-refractivity contribution in [1.29, 1.82) is 5.26 Å². The minimum absolute atomic E-state index is 0.0625. The second-order valence-corrected chi connectivity index (χ2v) is 2.15. The van der Waals surface area contributed by atoms with Gasteiger partial charge >= 0.3 is 0 Å². The topological polar surface area (TPSA) is 23.8 Å². The van der Waals surface area contributed by atoms with Gasteiger partial charge in [-0.1, -0.05) is 0 Å². The third-order valence-corrected chi connectivity index (χ3v) is 1.46. The van der Waals surface area contributed by atoms with E-state index in [1.807, 2.05) is 0 Å². The van der Waals surface area contributed by atoms with Crippen molar-refractivity contribution in [1.82, 2.24) is 0 Å². The fourth-order valence-electron chi connectivity index (χ4n) is 0.773. The Bertz CT molecular complexity index is 330. The predicted octanol–water partition coefficient (Wildman–Crippen LogP) is 0.0949. The molecule has 0 amide bonds. The molecule has 1 aromatic carbocycles. The molecule has 0 aliphatic rings. The fourth-order valence-corrected chi connectivity index (χ4v) is 0.773. The highest BCUT2D eigenvalue weighted by molar-refractivity contribution is 6.33. The summed E-state index contributed by atoms with van der Waals surface area (Å²) in [6.07, 6.45) is 0. The van der Waals surface area contributed by atoms with E-state index >= 15 is 0 Å². The number of benzene rings is 1. The average molecular weight is 151 g/mol. The van der Waals surface area contributed by atoms with Crippen LogP contribution in [0.4, 0.5) is 8.78 Å². The maximum absolute atomic E-state index is 12.7. The van der Waals surface area contributed by atoms with Crippen molar-refractivity contribution in [3.63, 3.8) is 0 Å². The van der Waals surface area contributed by atoms with Crippen LogP contribution in [0.3, 0.4) is 0 Å². The Morgan fingerprint density at radius 3 is 2.55 bits per heavy atom. The molecule has 1 nitrogen and oxygen atoms in total. The molecule has 0 radical (unpaired) electrons. The molecular weight excluding hydrogens is 147 g/mol. The summed E-state index contributed by atoms with van der Waals surface area (Å²) in [5, 5.41) is 8.39. The molecule has 0 atom stereocenters. The van der Waals surface area contributed by atoms with Gasteiger partial charge in [-0.3, -0.25) is 0 Å². The molecule has 54 valence electrons. The molecule has 0 N–H and O–H groups in total. The molecule has 4 heteroatoms. The first-order valence-corrected chi connectivity index (χ1v) is 3.01. The first kappa shape index (κ1) is 7.74. The van der Waals surface area contributed by atoms with Crippen molar-refractivity contribution in [3.05, 3.63) is 29.3 Å². The first-order valence-electron chi connectivity index (χ1n) is 3.01. The quantitative estimate of drug-likeness (QED) is 0.482. The summed E-state index contributed by atoms with van der Waals surface area (Å²) in [5.41, 5.74) is 0.233. The summed E-state index contributed by atoms with van der Waals surface area (Å²) >= 11 is 0.